The van der Waals surface area contributed by atoms with Gasteiger partial charge in [-0.3, -0.25) is 4.21 Å². The molecule has 0 fully saturated rings. The van der Waals surface area contributed by atoms with E-state index in [4.69, 9.17) is 4.74 Å². The van der Waals surface area contributed by atoms with Crippen LogP contribution in [0.3, 0.4) is 0 Å². The summed E-state index contributed by atoms with van der Waals surface area (Å²) in [6, 6.07) is 11.0. The van der Waals surface area contributed by atoms with Crippen LogP contribution in [0.4, 0.5) is 0 Å². The molecular weight excluding hydrogens is 288 g/mol. The molecule has 0 aliphatic carbocycles. The van der Waals surface area contributed by atoms with Crippen molar-refractivity contribution < 1.29 is 14.1 Å². The number of nitrogens with zero attached hydrogens (tertiary/aromatic N) is 2. The molecule has 2 atom stereocenters. The zero-order chi connectivity index (χ0) is 15.2. The number of ether oxygens (including phenoxy) is 1. The SMILES string of the molecule is Cc1cc(C)nc([S@](=O)C[C@H](O)COc2ccccc2)n1. The van der Waals surface area contributed by atoms with Gasteiger partial charge in [-0.15, -0.1) is 0 Å². The van der Waals surface area contributed by atoms with Gasteiger partial charge in [-0.25, -0.2) is 9.97 Å². The summed E-state index contributed by atoms with van der Waals surface area (Å²) in [6.45, 7) is 3.73. The van der Waals surface area contributed by atoms with Gasteiger partial charge in [-0.1, -0.05) is 18.2 Å². The number of para-hydroxylation sites is 1. The van der Waals surface area contributed by atoms with E-state index in [0.717, 1.165) is 11.4 Å². The van der Waals surface area contributed by atoms with Gasteiger partial charge in [0.15, 0.2) is 0 Å². The second kappa shape index (κ2) is 7.28. The van der Waals surface area contributed by atoms with Crippen molar-refractivity contribution in [1.82, 2.24) is 9.97 Å². The molecule has 1 heterocycles. The van der Waals surface area contributed by atoms with Gasteiger partial charge < -0.3 is 9.84 Å². The molecule has 0 amide bonds. The van der Waals surface area contributed by atoms with Crippen LogP contribution in [0.15, 0.2) is 41.6 Å². The highest BCUT2D eigenvalue weighted by atomic mass is 32.2. The summed E-state index contributed by atoms with van der Waals surface area (Å²) in [5.74, 6) is 0.723. The summed E-state index contributed by atoms with van der Waals surface area (Å²) >= 11 is 0. The third-order valence-electron chi connectivity index (χ3n) is 2.69. The van der Waals surface area contributed by atoms with E-state index in [0.29, 0.717) is 5.75 Å². The van der Waals surface area contributed by atoms with Crippen LogP contribution in [0.25, 0.3) is 0 Å². The van der Waals surface area contributed by atoms with Gasteiger partial charge in [0.1, 0.15) is 12.4 Å². The molecule has 0 radical (unpaired) electrons. The number of rotatable bonds is 6. The Labute approximate surface area is 126 Å². The molecule has 6 heteroatoms. The van der Waals surface area contributed by atoms with E-state index in [-0.39, 0.29) is 17.5 Å². The lowest BCUT2D eigenvalue weighted by Gasteiger charge is -2.12. The van der Waals surface area contributed by atoms with Crippen molar-refractivity contribution in [2.75, 3.05) is 12.4 Å². The van der Waals surface area contributed by atoms with Crippen LogP contribution in [0.2, 0.25) is 0 Å². The fraction of sp³-hybridized carbons (Fsp3) is 0.333. The monoisotopic (exact) mass is 306 g/mol. The number of aliphatic hydroxyl groups is 1. The lowest BCUT2D eigenvalue weighted by atomic mass is 10.3. The van der Waals surface area contributed by atoms with Crippen LogP contribution < -0.4 is 4.74 Å². The standard InChI is InChI=1S/C15H18N2O3S/c1-11-8-12(2)17-15(16-11)21(19)10-13(18)9-20-14-6-4-3-5-7-14/h3-8,13,18H,9-10H2,1-2H3/t13-,21-/m1/s1. The van der Waals surface area contributed by atoms with Crippen LogP contribution >= 0.6 is 0 Å². The first kappa shape index (κ1) is 15.6. The van der Waals surface area contributed by atoms with Gasteiger partial charge >= 0.3 is 0 Å². The quantitative estimate of drug-likeness (QED) is 0.821. The first-order valence-electron chi connectivity index (χ1n) is 6.61. The Balaban J connectivity index is 1.90. The molecule has 2 rings (SSSR count). The molecule has 0 saturated carbocycles. The van der Waals surface area contributed by atoms with E-state index in [1.807, 2.05) is 38.1 Å². The summed E-state index contributed by atoms with van der Waals surface area (Å²) in [7, 11) is -1.44. The lowest BCUT2D eigenvalue weighted by Crippen LogP contribution is -2.25. The molecule has 112 valence electrons. The zero-order valence-electron chi connectivity index (χ0n) is 12.0. The molecule has 0 aliphatic rings. The van der Waals surface area contributed by atoms with Crippen LogP contribution in [-0.2, 0) is 10.8 Å². The molecule has 1 aromatic carbocycles. The van der Waals surface area contributed by atoms with Crippen LogP contribution in [0.5, 0.6) is 5.75 Å². The normalized spacial score (nSPS) is 13.7. The second-order valence-electron chi connectivity index (χ2n) is 4.72. The second-order valence-corrected chi connectivity index (χ2v) is 6.11. The van der Waals surface area contributed by atoms with Gasteiger partial charge in [-0.05, 0) is 32.0 Å². The van der Waals surface area contributed by atoms with Gasteiger partial charge in [0.05, 0.1) is 22.7 Å². The van der Waals surface area contributed by atoms with Crippen LogP contribution in [0, 0.1) is 13.8 Å². The lowest BCUT2D eigenvalue weighted by molar-refractivity contribution is 0.125. The first-order valence-corrected chi connectivity index (χ1v) is 7.93. The summed E-state index contributed by atoms with van der Waals surface area (Å²) in [4.78, 5) is 8.28. The number of aryl methyl sites for hydroxylation is 2. The van der Waals surface area contributed by atoms with Gasteiger partial charge in [0.2, 0.25) is 5.16 Å². The Bertz CT molecular complexity index is 599. The molecular formula is C15H18N2O3S. The van der Waals surface area contributed by atoms with Crippen LogP contribution in [0.1, 0.15) is 11.4 Å². The Morgan fingerprint density at radius 1 is 1.19 bits per heavy atom. The average Bonchev–Trinajstić information content (AvgIpc) is 2.45. The Hall–Kier alpha value is -1.79. The molecule has 0 saturated heterocycles. The third-order valence-corrected chi connectivity index (χ3v) is 3.97. The highest BCUT2D eigenvalue weighted by Gasteiger charge is 2.15. The Morgan fingerprint density at radius 3 is 2.43 bits per heavy atom. The number of aromatic nitrogens is 2. The van der Waals surface area contributed by atoms with E-state index >= 15 is 0 Å². The van der Waals surface area contributed by atoms with Crippen molar-refractivity contribution in [3.05, 3.63) is 47.8 Å². The summed E-state index contributed by atoms with van der Waals surface area (Å²) in [5.41, 5.74) is 1.53. The number of aliphatic hydroxyl groups excluding tert-OH is 1. The van der Waals surface area contributed by atoms with E-state index in [2.05, 4.69) is 9.97 Å². The van der Waals surface area contributed by atoms with E-state index in [1.165, 1.54) is 0 Å². The van der Waals surface area contributed by atoms with Gasteiger partial charge in [0.25, 0.3) is 0 Å². The molecule has 0 bridgehead atoms. The number of hydrogen-bond donors (Lipinski definition) is 1. The molecule has 5 nitrogen and oxygen atoms in total. The summed E-state index contributed by atoms with van der Waals surface area (Å²) in [5, 5.41) is 10.2. The molecule has 0 aliphatic heterocycles. The minimum atomic E-state index is -1.44. The maximum absolute atomic E-state index is 12.1. The number of hydrogen-bond acceptors (Lipinski definition) is 5. The van der Waals surface area contributed by atoms with Gasteiger partial charge in [-0.2, -0.15) is 0 Å². The predicted molar refractivity (Wildman–Crippen MR) is 80.7 cm³/mol. The Kier molecular flexibility index (Phi) is 5.41. The highest BCUT2D eigenvalue weighted by Crippen LogP contribution is 2.10. The Morgan fingerprint density at radius 2 is 1.81 bits per heavy atom. The zero-order valence-corrected chi connectivity index (χ0v) is 12.8. The fourth-order valence-corrected chi connectivity index (χ4v) is 2.89. The molecule has 0 spiro atoms. The maximum Gasteiger partial charge on any atom is 0.219 e. The molecule has 1 aromatic heterocycles. The predicted octanol–water partition coefficient (Wildman–Crippen LogP) is 1.64. The molecule has 0 unspecified atom stereocenters. The minimum Gasteiger partial charge on any atom is -0.491 e. The molecule has 1 N–H and O–H groups in total. The summed E-state index contributed by atoms with van der Waals surface area (Å²) < 4.78 is 17.6. The van der Waals surface area contributed by atoms with Crippen molar-refractivity contribution in [2.45, 2.75) is 25.1 Å². The van der Waals surface area contributed by atoms with Crippen molar-refractivity contribution >= 4 is 10.8 Å². The number of benzene rings is 1. The smallest absolute Gasteiger partial charge is 0.219 e. The van der Waals surface area contributed by atoms with Crippen molar-refractivity contribution in [2.24, 2.45) is 0 Å². The highest BCUT2D eigenvalue weighted by molar-refractivity contribution is 7.84. The van der Waals surface area contributed by atoms with Crippen LogP contribution in [-0.4, -0.2) is 37.7 Å². The van der Waals surface area contributed by atoms with Crippen molar-refractivity contribution in [3.63, 3.8) is 0 Å². The van der Waals surface area contributed by atoms with E-state index < -0.39 is 16.9 Å². The fourth-order valence-electron chi connectivity index (χ4n) is 1.80. The molecule has 2 aromatic rings. The average molecular weight is 306 g/mol. The largest absolute Gasteiger partial charge is 0.491 e. The molecule has 21 heavy (non-hydrogen) atoms. The maximum atomic E-state index is 12.1. The first-order chi connectivity index (χ1) is 10.0. The summed E-state index contributed by atoms with van der Waals surface area (Å²) in [6.07, 6.45) is -0.838. The third kappa shape index (κ3) is 4.91. The van der Waals surface area contributed by atoms with E-state index in [9.17, 15) is 9.32 Å². The van der Waals surface area contributed by atoms with E-state index in [1.54, 1.807) is 12.1 Å². The topological polar surface area (TPSA) is 72.3 Å². The van der Waals surface area contributed by atoms with Gasteiger partial charge in [0, 0.05) is 11.4 Å². The van der Waals surface area contributed by atoms with Crippen molar-refractivity contribution in [3.8, 4) is 5.75 Å². The van der Waals surface area contributed by atoms with Crippen molar-refractivity contribution in [1.29, 1.82) is 0 Å². The minimum absolute atomic E-state index is 0.0513.